The number of hydrogen-bond donors (Lipinski definition) is 2. The number of carbonyl (C=O) groups excluding carboxylic acids is 1. The molecule has 2 fully saturated rings. The first kappa shape index (κ1) is 20.3. The predicted molar refractivity (Wildman–Crippen MR) is 118 cm³/mol. The number of aryl methyl sites for hydroxylation is 1. The summed E-state index contributed by atoms with van der Waals surface area (Å²) in [6.45, 7) is 3.24. The van der Waals surface area contributed by atoms with Crippen molar-refractivity contribution in [1.29, 1.82) is 0 Å². The molecule has 0 unspecified atom stereocenters. The van der Waals surface area contributed by atoms with Crippen molar-refractivity contribution in [2.75, 3.05) is 25.2 Å². The maximum Gasteiger partial charge on any atom is 0.238 e. The number of aliphatic hydroxyl groups is 1. The number of piperidine rings is 1. The summed E-state index contributed by atoms with van der Waals surface area (Å²) >= 11 is 0. The molecule has 5 rings (SSSR count). The summed E-state index contributed by atoms with van der Waals surface area (Å²) in [6.07, 6.45) is 4.68. The maximum atomic E-state index is 12.9. The van der Waals surface area contributed by atoms with Crippen molar-refractivity contribution in [2.24, 2.45) is 5.92 Å². The van der Waals surface area contributed by atoms with Crippen LogP contribution >= 0.6 is 0 Å². The van der Waals surface area contributed by atoms with Crippen molar-refractivity contribution in [1.82, 2.24) is 4.90 Å². The van der Waals surface area contributed by atoms with E-state index in [0.717, 1.165) is 54.0 Å². The third kappa shape index (κ3) is 4.02. The fourth-order valence-corrected chi connectivity index (χ4v) is 5.48. The SMILES string of the molecule is Cc1ccc(NC(=O)CN2CC[C@@]3(O)CCCC[C@@H]3[C@@H]2c2ccc3c(c2)OCO3)cc1. The van der Waals surface area contributed by atoms with Crippen molar-refractivity contribution in [3.8, 4) is 11.5 Å². The summed E-state index contributed by atoms with van der Waals surface area (Å²) < 4.78 is 11.1. The highest BCUT2D eigenvalue weighted by Gasteiger charge is 2.49. The maximum absolute atomic E-state index is 12.9. The largest absolute Gasteiger partial charge is 0.454 e. The summed E-state index contributed by atoms with van der Waals surface area (Å²) in [5.74, 6) is 1.56. The van der Waals surface area contributed by atoms with Crippen LogP contribution in [0.25, 0.3) is 0 Å². The number of anilines is 1. The number of benzene rings is 2. The van der Waals surface area contributed by atoms with E-state index in [1.165, 1.54) is 0 Å². The van der Waals surface area contributed by atoms with Crippen LogP contribution < -0.4 is 14.8 Å². The molecule has 6 heteroatoms. The van der Waals surface area contributed by atoms with Gasteiger partial charge < -0.3 is 19.9 Å². The highest BCUT2D eigenvalue weighted by molar-refractivity contribution is 5.92. The first-order chi connectivity index (χ1) is 15.0. The predicted octanol–water partition coefficient (Wildman–Crippen LogP) is 4.03. The van der Waals surface area contributed by atoms with E-state index in [9.17, 15) is 9.90 Å². The van der Waals surface area contributed by atoms with E-state index in [0.29, 0.717) is 19.5 Å². The minimum Gasteiger partial charge on any atom is -0.454 e. The molecule has 31 heavy (non-hydrogen) atoms. The van der Waals surface area contributed by atoms with Crippen molar-refractivity contribution < 1.29 is 19.4 Å². The van der Waals surface area contributed by atoms with Crippen molar-refractivity contribution >= 4 is 11.6 Å². The average molecular weight is 423 g/mol. The number of carbonyl (C=O) groups is 1. The Morgan fingerprint density at radius 2 is 1.94 bits per heavy atom. The Hall–Kier alpha value is -2.57. The number of amides is 1. The van der Waals surface area contributed by atoms with Gasteiger partial charge in [-0.1, -0.05) is 36.6 Å². The van der Waals surface area contributed by atoms with Gasteiger partial charge in [0.2, 0.25) is 12.7 Å². The zero-order chi connectivity index (χ0) is 21.4. The van der Waals surface area contributed by atoms with Crippen molar-refractivity contribution in [3.63, 3.8) is 0 Å². The average Bonchev–Trinajstić information content (AvgIpc) is 3.23. The molecule has 2 heterocycles. The number of ether oxygens (including phenoxy) is 2. The van der Waals surface area contributed by atoms with Crippen molar-refractivity contribution in [3.05, 3.63) is 53.6 Å². The second-order valence-electron chi connectivity index (χ2n) is 9.15. The molecule has 2 aromatic rings. The Morgan fingerprint density at radius 1 is 1.13 bits per heavy atom. The topological polar surface area (TPSA) is 71.0 Å². The smallest absolute Gasteiger partial charge is 0.238 e. The summed E-state index contributed by atoms with van der Waals surface area (Å²) in [4.78, 5) is 15.1. The van der Waals surface area contributed by atoms with Crippen LogP contribution in [0.1, 0.15) is 49.3 Å². The Morgan fingerprint density at radius 3 is 2.77 bits per heavy atom. The quantitative estimate of drug-likeness (QED) is 0.779. The number of likely N-dealkylation sites (tertiary alicyclic amines) is 1. The molecule has 164 valence electrons. The molecule has 1 saturated heterocycles. The highest BCUT2D eigenvalue weighted by atomic mass is 16.7. The first-order valence-corrected chi connectivity index (χ1v) is 11.2. The number of rotatable bonds is 4. The van der Waals surface area contributed by atoms with Gasteiger partial charge in [0, 0.05) is 24.2 Å². The Bertz CT molecular complexity index is 960. The minimum atomic E-state index is -0.663. The van der Waals surface area contributed by atoms with Crippen LogP contribution in [-0.2, 0) is 4.79 Å². The van der Waals surface area contributed by atoms with E-state index in [2.05, 4.69) is 16.3 Å². The van der Waals surface area contributed by atoms with Gasteiger partial charge >= 0.3 is 0 Å². The minimum absolute atomic E-state index is 0.0303. The lowest BCUT2D eigenvalue weighted by Gasteiger charge is -2.52. The van der Waals surface area contributed by atoms with Gasteiger partial charge in [-0.05, 0) is 56.0 Å². The van der Waals surface area contributed by atoms with Crippen LogP contribution in [0.3, 0.4) is 0 Å². The molecule has 0 bridgehead atoms. The van der Waals surface area contributed by atoms with Gasteiger partial charge in [0.05, 0.1) is 12.1 Å². The number of fused-ring (bicyclic) bond motifs is 2. The van der Waals surface area contributed by atoms with Crippen LogP contribution in [0.2, 0.25) is 0 Å². The first-order valence-electron chi connectivity index (χ1n) is 11.2. The molecular weight excluding hydrogens is 392 g/mol. The van der Waals surface area contributed by atoms with E-state index in [4.69, 9.17) is 9.47 Å². The van der Waals surface area contributed by atoms with E-state index < -0.39 is 5.60 Å². The summed E-state index contributed by atoms with van der Waals surface area (Å²) in [5.41, 5.74) is 2.38. The van der Waals surface area contributed by atoms with Gasteiger partial charge in [-0.3, -0.25) is 9.69 Å². The molecule has 6 nitrogen and oxygen atoms in total. The molecule has 2 aliphatic heterocycles. The standard InChI is InChI=1S/C25H30N2O4/c1-17-5-8-19(9-6-17)26-23(28)15-27-13-12-25(29)11-3-2-4-20(25)24(27)18-7-10-21-22(14-18)31-16-30-21/h5-10,14,20,24,29H,2-4,11-13,15-16H2,1H3,(H,26,28)/t20-,24+,25+/m1/s1. The molecule has 1 saturated carbocycles. The number of nitrogens with zero attached hydrogens (tertiary/aromatic N) is 1. The van der Waals surface area contributed by atoms with E-state index in [-0.39, 0.29) is 24.7 Å². The molecule has 3 atom stereocenters. The number of hydrogen-bond acceptors (Lipinski definition) is 5. The molecule has 2 aromatic carbocycles. The summed E-state index contributed by atoms with van der Waals surface area (Å²) in [5, 5.41) is 14.5. The molecule has 0 radical (unpaired) electrons. The Labute approximate surface area is 183 Å². The third-order valence-electron chi connectivity index (χ3n) is 7.09. The van der Waals surface area contributed by atoms with Crippen LogP contribution in [0.15, 0.2) is 42.5 Å². The van der Waals surface area contributed by atoms with E-state index in [1.54, 1.807) is 0 Å². The van der Waals surface area contributed by atoms with Gasteiger partial charge in [-0.2, -0.15) is 0 Å². The molecule has 2 N–H and O–H groups in total. The third-order valence-corrected chi connectivity index (χ3v) is 7.09. The van der Waals surface area contributed by atoms with Gasteiger partial charge in [-0.25, -0.2) is 0 Å². The molecule has 0 spiro atoms. The molecule has 1 aliphatic carbocycles. The van der Waals surface area contributed by atoms with Crippen LogP contribution in [0, 0.1) is 12.8 Å². The van der Waals surface area contributed by atoms with Gasteiger partial charge in [-0.15, -0.1) is 0 Å². The van der Waals surface area contributed by atoms with Gasteiger partial charge in [0.25, 0.3) is 0 Å². The second kappa shape index (κ2) is 8.17. The van der Waals surface area contributed by atoms with E-state index in [1.807, 2.05) is 43.3 Å². The summed E-state index contributed by atoms with van der Waals surface area (Å²) in [7, 11) is 0. The van der Waals surface area contributed by atoms with E-state index >= 15 is 0 Å². The highest BCUT2D eigenvalue weighted by Crippen LogP contribution is 2.50. The van der Waals surface area contributed by atoms with Gasteiger partial charge in [0.15, 0.2) is 11.5 Å². The lowest BCUT2D eigenvalue weighted by Crippen LogP contribution is -2.56. The lowest BCUT2D eigenvalue weighted by molar-refractivity contribution is -0.135. The van der Waals surface area contributed by atoms with Crippen LogP contribution in [-0.4, -0.2) is 41.4 Å². The fourth-order valence-electron chi connectivity index (χ4n) is 5.48. The summed E-state index contributed by atoms with van der Waals surface area (Å²) in [6, 6.07) is 13.8. The fraction of sp³-hybridized carbons (Fsp3) is 0.480. The lowest BCUT2D eigenvalue weighted by atomic mass is 9.66. The number of nitrogens with one attached hydrogen (secondary N) is 1. The van der Waals surface area contributed by atoms with Crippen LogP contribution in [0.5, 0.6) is 11.5 Å². The molecular formula is C25H30N2O4. The Kier molecular flexibility index (Phi) is 5.36. The second-order valence-corrected chi connectivity index (χ2v) is 9.15. The monoisotopic (exact) mass is 422 g/mol. The zero-order valence-electron chi connectivity index (χ0n) is 18.0. The molecule has 3 aliphatic rings. The normalized spacial score (nSPS) is 27.5. The molecule has 0 aromatic heterocycles. The zero-order valence-corrected chi connectivity index (χ0v) is 18.0. The van der Waals surface area contributed by atoms with Gasteiger partial charge in [0.1, 0.15) is 0 Å². The van der Waals surface area contributed by atoms with Crippen LogP contribution in [0.4, 0.5) is 5.69 Å². The van der Waals surface area contributed by atoms with Crippen molar-refractivity contribution in [2.45, 2.75) is 50.7 Å². The molecule has 1 amide bonds. The Balaban J connectivity index is 1.40.